The molecule has 9 heavy (non-hydrogen) atoms. The van der Waals surface area contributed by atoms with E-state index in [-0.39, 0.29) is 0 Å². The Morgan fingerprint density at radius 2 is 2.44 bits per heavy atom. The molecule has 0 atom stereocenters. The predicted molar refractivity (Wildman–Crippen MR) is 36.7 cm³/mol. The van der Waals surface area contributed by atoms with Gasteiger partial charge < -0.3 is 0 Å². The third kappa shape index (κ3) is 1.79. The van der Waals surface area contributed by atoms with Crippen molar-refractivity contribution in [3.8, 4) is 5.40 Å². The molecule has 0 aromatic heterocycles. The van der Waals surface area contributed by atoms with E-state index in [0.29, 0.717) is 0 Å². The number of benzene rings is 1. The van der Waals surface area contributed by atoms with Crippen molar-refractivity contribution in [3.05, 3.63) is 30.3 Å². The Labute approximate surface area is 58.3 Å². The van der Waals surface area contributed by atoms with E-state index in [4.69, 9.17) is 5.26 Å². The number of rotatable bonds is 1. The molecule has 0 spiro atoms. The summed E-state index contributed by atoms with van der Waals surface area (Å²) < 4.78 is 0. The average Bonchev–Trinajstić information content (AvgIpc) is 1.91. The van der Waals surface area contributed by atoms with Gasteiger partial charge in [0.25, 0.3) is 0 Å². The summed E-state index contributed by atoms with van der Waals surface area (Å²) in [6.45, 7) is 0. The minimum absolute atomic E-state index is 0.875. The first-order valence-corrected chi connectivity index (χ1v) is 3.28. The zero-order valence-corrected chi connectivity index (χ0v) is 5.48. The Hall–Kier alpha value is -0.940. The van der Waals surface area contributed by atoms with E-state index in [0.717, 1.165) is 16.7 Å². The van der Waals surface area contributed by atoms with Gasteiger partial charge in [0.05, 0.1) is 0 Å². The molecule has 1 rings (SSSR count). The largest absolute Gasteiger partial charge is 0.185 e. The van der Waals surface area contributed by atoms with Crippen LogP contribution in [0.2, 0.25) is 0 Å². The van der Waals surface area contributed by atoms with Crippen molar-refractivity contribution in [1.82, 2.24) is 0 Å². The molecule has 43 valence electrons. The second-order valence-corrected chi connectivity index (χ2v) is 2.25. The minimum Gasteiger partial charge on any atom is -0.185 e. The van der Waals surface area contributed by atoms with Gasteiger partial charge in [-0.05, 0) is 23.9 Å². The normalized spacial score (nSPS) is 8.33. The number of hydrogen-bond acceptors (Lipinski definition) is 2. The molecule has 0 N–H and O–H groups in total. The average molecular weight is 134 g/mol. The number of hydrogen-bond donors (Lipinski definition) is 0. The third-order valence-corrected chi connectivity index (χ3v) is 1.40. The van der Waals surface area contributed by atoms with E-state index >= 15 is 0 Å². The van der Waals surface area contributed by atoms with Gasteiger partial charge in [0, 0.05) is 4.90 Å². The number of thioether (sulfide) groups is 1. The van der Waals surface area contributed by atoms with Crippen LogP contribution in [0.15, 0.2) is 29.2 Å². The van der Waals surface area contributed by atoms with Crippen molar-refractivity contribution in [2.75, 3.05) is 0 Å². The lowest BCUT2D eigenvalue weighted by molar-refractivity contribution is 1.45. The lowest BCUT2D eigenvalue weighted by Crippen LogP contribution is -1.63. The van der Waals surface area contributed by atoms with Crippen LogP contribution in [-0.2, 0) is 0 Å². The highest BCUT2D eigenvalue weighted by Crippen LogP contribution is 2.13. The van der Waals surface area contributed by atoms with E-state index < -0.39 is 0 Å². The molecule has 1 aromatic rings. The Morgan fingerprint density at radius 1 is 1.56 bits per heavy atom. The molecular formula is C7H4NS. The maximum atomic E-state index is 8.21. The summed E-state index contributed by atoms with van der Waals surface area (Å²) in [5, 5.41) is 10.2. The molecule has 1 nitrogen and oxygen atoms in total. The lowest BCUT2D eigenvalue weighted by Gasteiger charge is -1.86. The van der Waals surface area contributed by atoms with Crippen molar-refractivity contribution < 1.29 is 0 Å². The van der Waals surface area contributed by atoms with E-state index in [1.54, 1.807) is 6.07 Å². The first-order valence-electron chi connectivity index (χ1n) is 2.46. The molecule has 1 radical (unpaired) electrons. The summed E-state index contributed by atoms with van der Waals surface area (Å²) >= 11 is 1.13. The molecule has 0 aliphatic heterocycles. The van der Waals surface area contributed by atoms with Crippen molar-refractivity contribution in [2.45, 2.75) is 4.90 Å². The summed E-state index contributed by atoms with van der Waals surface area (Å²) in [6, 6.07) is 10.3. The quantitative estimate of drug-likeness (QED) is 0.433. The van der Waals surface area contributed by atoms with Crippen LogP contribution >= 0.6 is 11.8 Å². The Bertz CT molecular complexity index is 212. The van der Waals surface area contributed by atoms with Gasteiger partial charge in [-0.15, -0.1) is 0 Å². The molecule has 2 heteroatoms. The third-order valence-electron chi connectivity index (χ3n) is 0.836. The van der Waals surface area contributed by atoms with Crippen molar-refractivity contribution in [3.63, 3.8) is 0 Å². The Kier molecular flexibility index (Phi) is 2.17. The van der Waals surface area contributed by atoms with E-state index in [1.807, 2.05) is 23.6 Å². The molecule has 0 saturated heterocycles. The van der Waals surface area contributed by atoms with Gasteiger partial charge in [-0.25, -0.2) is 0 Å². The molecule has 0 fully saturated rings. The monoisotopic (exact) mass is 134 g/mol. The summed E-state index contributed by atoms with van der Waals surface area (Å²) in [6.07, 6.45) is 0. The molecule has 0 amide bonds. The highest BCUT2D eigenvalue weighted by Gasteiger charge is 1.86. The van der Waals surface area contributed by atoms with Gasteiger partial charge in [-0.3, -0.25) is 0 Å². The van der Waals surface area contributed by atoms with Crippen molar-refractivity contribution in [1.29, 1.82) is 5.26 Å². The van der Waals surface area contributed by atoms with Crippen LogP contribution in [0, 0.1) is 16.7 Å². The maximum absolute atomic E-state index is 8.21. The summed E-state index contributed by atoms with van der Waals surface area (Å²) in [7, 11) is 0. The second-order valence-electron chi connectivity index (χ2n) is 1.42. The number of thiocyanates is 1. The Morgan fingerprint density at radius 3 is 3.00 bits per heavy atom. The molecule has 1 aromatic carbocycles. The van der Waals surface area contributed by atoms with Crippen LogP contribution in [0.25, 0.3) is 0 Å². The first kappa shape index (κ1) is 6.18. The van der Waals surface area contributed by atoms with Crippen LogP contribution in [0.4, 0.5) is 0 Å². The standard InChI is InChI=1S/C7H4NS/c8-6-9-7-4-2-1-3-5-7/h1-4H. The topological polar surface area (TPSA) is 23.8 Å². The molecular weight excluding hydrogens is 130 g/mol. The van der Waals surface area contributed by atoms with Gasteiger partial charge in [0.2, 0.25) is 0 Å². The van der Waals surface area contributed by atoms with Gasteiger partial charge in [0.1, 0.15) is 5.40 Å². The van der Waals surface area contributed by atoms with Crippen molar-refractivity contribution in [2.24, 2.45) is 0 Å². The fourth-order valence-corrected chi connectivity index (χ4v) is 0.861. The SMILES string of the molecule is N#CSc1[c]cccc1. The van der Waals surface area contributed by atoms with Crippen LogP contribution in [-0.4, -0.2) is 0 Å². The smallest absolute Gasteiger partial charge is 0.138 e. The zero-order valence-electron chi connectivity index (χ0n) is 4.66. The molecule has 0 saturated carbocycles. The van der Waals surface area contributed by atoms with Crippen LogP contribution in [0.1, 0.15) is 0 Å². The molecule has 0 aliphatic rings. The van der Waals surface area contributed by atoms with Crippen LogP contribution in [0.5, 0.6) is 0 Å². The Balaban J connectivity index is 2.76. The second kappa shape index (κ2) is 3.16. The van der Waals surface area contributed by atoms with E-state index in [1.165, 1.54) is 0 Å². The summed E-state index contributed by atoms with van der Waals surface area (Å²) in [4.78, 5) is 0.875. The van der Waals surface area contributed by atoms with E-state index in [2.05, 4.69) is 6.07 Å². The van der Waals surface area contributed by atoms with E-state index in [9.17, 15) is 0 Å². The lowest BCUT2D eigenvalue weighted by atomic mass is 10.4. The molecule has 0 bridgehead atoms. The van der Waals surface area contributed by atoms with Gasteiger partial charge in [0.15, 0.2) is 0 Å². The highest BCUT2D eigenvalue weighted by molar-refractivity contribution is 8.03. The summed E-state index contributed by atoms with van der Waals surface area (Å²) in [5.41, 5.74) is 0. The number of nitriles is 1. The fourth-order valence-electron chi connectivity index (χ4n) is 0.490. The predicted octanol–water partition coefficient (Wildman–Crippen LogP) is 2.06. The van der Waals surface area contributed by atoms with Gasteiger partial charge in [-0.1, -0.05) is 18.2 Å². The fraction of sp³-hybridized carbons (Fsp3) is 0. The van der Waals surface area contributed by atoms with Crippen LogP contribution in [0.3, 0.4) is 0 Å². The van der Waals surface area contributed by atoms with Gasteiger partial charge >= 0.3 is 0 Å². The van der Waals surface area contributed by atoms with Gasteiger partial charge in [-0.2, -0.15) is 5.26 Å². The first-order chi connectivity index (χ1) is 4.43. The highest BCUT2D eigenvalue weighted by atomic mass is 32.2. The summed E-state index contributed by atoms with van der Waals surface area (Å²) in [5.74, 6) is 0. The van der Waals surface area contributed by atoms with Crippen LogP contribution < -0.4 is 0 Å². The van der Waals surface area contributed by atoms with Crippen molar-refractivity contribution >= 4 is 11.8 Å². The number of nitrogens with zero attached hydrogens (tertiary/aromatic N) is 1. The molecule has 0 aliphatic carbocycles. The maximum Gasteiger partial charge on any atom is 0.138 e. The molecule has 0 heterocycles. The zero-order chi connectivity index (χ0) is 6.53. The molecule has 0 unspecified atom stereocenters. The minimum atomic E-state index is 0.875.